The quantitative estimate of drug-likeness (QED) is 0.0517. The normalized spacial score (nSPS) is 17.4. The summed E-state index contributed by atoms with van der Waals surface area (Å²) in [5, 5.41) is 9.09. The van der Waals surface area contributed by atoms with Crippen molar-refractivity contribution >= 4 is 73.7 Å². The van der Waals surface area contributed by atoms with Crippen LogP contribution in [0.2, 0.25) is 0 Å². The molecule has 0 bridgehead atoms. The number of β-lactam (4-membered cyclic amide) rings is 1. The fourth-order valence-corrected chi connectivity index (χ4v) is 4.02. The van der Waals surface area contributed by atoms with Crippen LogP contribution in [0.25, 0.3) is 0 Å². The van der Waals surface area contributed by atoms with Gasteiger partial charge in [0.2, 0.25) is 12.5 Å². The third kappa shape index (κ3) is 7.56. The molecule has 0 aliphatic carbocycles. The number of hydrogen-bond donors (Lipinski definition) is 2. The molecule has 0 spiro atoms. The summed E-state index contributed by atoms with van der Waals surface area (Å²) < 4.78 is 42.3. The Bertz CT molecular complexity index is 1140. The number of aromatic nitrogens is 1. The number of carbonyl (C=O) groups excluding carboxylic acids is 5. The monoisotopic (exact) mass is 563 g/mol. The zero-order valence-electron chi connectivity index (χ0n) is 18.2. The summed E-state index contributed by atoms with van der Waals surface area (Å²) in [7, 11) is -3.44. The molecular formula is C15H15ClN5NaO11S2. The van der Waals surface area contributed by atoms with E-state index < -0.39 is 64.4 Å². The van der Waals surface area contributed by atoms with E-state index in [1.165, 1.54) is 5.38 Å². The zero-order chi connectivity index (χ0) is 25.6. The Morgan fingerprint density at radius 2 is 1.94 bits per heavy atom. The minimum atomic E-state index is -5.38. The number of hydrogen-bond acceptors (Lipinski definition) is 14. The Morgan fingerprint density at radius 1 is 1.29 bits per heavy atom. The number of rotatable bonds is 10. The van der Waals surface area contributed by atoms with Gasteiger partial charge in [-0.15, -0.1) is 22.9 Å². The number of esters is 2. The molecule has 1 aliphatic rings. The van der Waals surface area contributed by atoms with Gasteiger partial charge in [-0.05, 0) is 0 Å². The van der Waals surface area contributed by atoms with Gasteiger partial charge in [0, 0.05) is 5.38 Å². The van der Waals surface area contributed by atoms with Crippen LogP contribution in [0.15, 0.2) is 10.5 Å². The van der Waals surface area contributed by atoms with Crippen molar-refractivity contribution in [3.63, 3.8) is 0 Å². The number of amides is 3. The molecule has 2 rings (SSSR count). The molecule has 16 nitrogen and oxygen atoms in total. The number of halogens is 1. The molecule has 1 aromatic rings. The second-order valence-electron chi connectivity index (χ2n) is 6.02. The molecule has 20 heteroatoms. The van der Waals surface area contributed by atoms with Gasteiger partial charge in [-0.2, -0.15) is 0 Å². The van der Waals surface area contributed by atoms with Crippen LogP contribution in [0.1, 0.15) is 5.69 Å². The van der Waals surface area contributed by atoms with Gasteiger partial charge in [-0.3, -0.25) is 14.4 Å². The van der Waals surface area contributed by atoms with Gasteiger partial charge >= 0.3 is 41.5 Å². The molecule has 0 aromatic carbocycles. The van der Waals surface area contributed by atoms with E-state index in [2.05, 4.69) is 24.9 Å². The molecule has 35 heavy (non-hydrogen) atoms. The SMILES string of the molecule is COC(=O)CON=C(C(=O)NC1C(=O)N(S(=O)(=O)[O-])C1C(=O)OC)c1csc(NC(=O)CCl)n1.[Na+]. The van der Waals surface area contributed by atoms with Gasteiger partial charge in [-0.1, -0.05) is 5.16 Å². The van der Waals surface area contributed by atoms with Crippen LogP contribution in [0.3, 0.4) is 0 Å². The molecule has 0 saturated carbocycles. The van der Waals surface area contributed by atoms with Crippen LogP contribution in [-0.4, -0.2) is 96.4 Å². The fraction of sp³-hybridized carbons (Fsp3) is 0.400. The van der Waals surface area contributed by atoms with Crippen molar-refractivity contribution in [1.82, 2.24) is 14.6 Å². The van der Waals surface area contributed by atoms with E-state index in [-0.39, 0.29) is 50.6 Å². The van der Waals surface area contributed by atoms with Crippen molar-refractivity contribution in [2.24, 2.45) is 5.16 Å². The standard InChI is InChI=1S/C15H16ClN5O11S2.Na/c1-30-8(23)4-32-20-9(6-5-33-15(17-6)18-7(22)3-16)12(24)19-10-11(14(26)31-2)21(13(10)25)34(27,28)29;/h5,10-11H,3-4H2,1-2H3,(H,19,24)(H,17,18,22)(H,27,28,29);/q;+1/p-1. The Morgan fingerprint density at radius 3 is 2.49 bits per heavy atom. The summed E-state index contributed by atoms with van der Waals surface area (Å²) in [5.41, 5.74) is -0.835. The van der Waals surface area contributed by atoms with Gasteiger partial charge < -0.3 is 29.5 Å². The van der Waals surface area contributed by atoms with Crippen molar-refractivity contribution in [2.75, 3.05) is 32.0 Å². The van der Waals surface area contributed by atoms with Crippen LogP contribution in [-0.2, 0) is 48.6 Å². The smallest absolute Gasteiger partial charge is 0.731 e. The molecule has 1 saturated heterocycles. The maximum atomic E-state index is 12.8. The Balaban J connectivity index is 0.00000612. The average molecular weight is 564 g/mol. The van der Waals surface area contributed by atoms with Crippen molar-refractivity contribution in [1.29, 1.82) is 0 Å². The first-order valence-electron chi connectivity index (χ1n) is 8.70. The van der Waals surface area contributed by atoms with Crippen LogP contribution in [0.5, 0.6) is 0 Å². The molecule has 0 radical (unpaired) electrons. The Labute approximate surface area is 228 Å². The number of nitrogens with zero attached hydrogens (tertiary/aromatic N) is 3. The molecule has 2 atom stereocenters. The molecule has 1 fully saturated rings. The molecule has 2 unspecified atom stereocenters. The minimum absolute atomic E-state index is 0. The molecular weight excluding hydrogens is 549 g/mol. The van der Waals surface area contributed by atoms with E-state index in [1.807, 2.05) is 5.32 Å². The first kappa shape index (κ1) is 30.7. The third-order valence-corrected chi connectivity index (χ3v) is 5.81. The number of oxime groups is 1. The van der Waals surface area contributed by atoms with Crippen LogP contribution in [0.4, 0.5) is 5.13 Å². The number of ether oxygens (including phenoxy) is 2. The van der Waals surface area contributed by atoms with Gasteiger partial charge in [0.1, 0.15) is 17.6 Å². The van der Waals surface area contributed by atoms with E-state index in [9.17, 15) is 36.9 Å². The largest absolute Gasteiger partial charge is 1.00 e. The van der Waals surface area contributed by atoms with Crippen LogP contribution in [0, 0.1) is 0 Å². The number of thiazole rings is 1. The van der Waals surface area contributed by atoms with E-state index in [1.54, 1.807) is 0 Å². The van der Waals surface area contributed by atoms with Crippen molar-refractivity contribution in [3.8, 4) is 0 Å². The van der Waals surface area contributed by atoms with E-state index in [0.717, 1.165) is 25.6 Å². The predicted octanol–water partition coefficient (Wildman–Crippen LogP) is -5.45. The van der Waals surface area contributed by atoms with Crippen LogP contribution >= 0.6 is 22.9 Å². The summed E-state index contributed by atoms with van der Waals surface area (Å²) in [5.74, 6) is -5.73. The average Bonchev–Trinajstić information content (AvgIpc) is 3.24. The van der Waals surface area contributed by atoms with E-state index in [4.69, 9.17) is 16.4 Å². The van der Waals surface area contributed by atoms with Gasteiger partial charge in [0.15, 0.2) is 27.2 Å². The Hall–Kier alpha value is -2.35. The van der Waals surface area contributed by atoms with Gasteiger partial charge in [-0.25, -0.2) is 27.3 Å². The first-order valence-corrected chi connectivity index (χ1v) is 11.5. The third-order valence-electron chi connectivity index (χ3n) is 3.92. The number of carbonyl (C=O) groups is 5. The van der Waals surface area contributed by atoms with Crippen LogP contribution < -0.4 is 40.2 Å². The van der Waals surface area contributed by atoms with E-state index >= 15 is 0 Å². The second-order valence-corrected chi connectivity index (χ2v) is 8.39. The number of alkyl halides is 1. The molecule has 3 amide bonds. The first-order chi connectivity index (χ1) is 15.9. The maximum absolute atomic E-state index is 12.8. The fourth-order valence-electron chi connectivity index (χ4n) is 2.42. The molecule has 1 aromatic heterocycles. The Kier molecular flexibility index (Phi) is 11.5. The number of methoxy groups -OCH3 is 2. The molecule has 186 valence electrons. The molecule has 2 N–H and O–H groups in total. The van der Waals surface area contributed by atoms with Gasteiger partial charge in [0.05, 0.1) is 14.2 Å². The molecule has 1 aliphatic heterocycles. The summed E-state index contributed by atoms with van der Waals surface area (Å²) in [4.78, 5) is 68.2. The summed E-state index contributed by atoms with van der Waals surface area (Å²) in [6, 6.07) is -3.77. The van der Waals surface area contributed by atoms with E-state index in [0.29, 0.717) is 0 Å². The minimum Gasteiger partial charge on any atom is -0.731 e. The number of anilines is 1. The van der Waals surface area contributed by atoms with Crippen molar-refractivity contribution in [2.45, 2.75) is 12.1 Å². The zero-order valence-corrected chi connectivity index (χ0v) is 22.6. The number of nitrogens with one attached hydrogen (secondary N) is 2. The maximum Gasteiger partial charge on any atom is 1.00 e. The molecule has 2 heterocycles. The van der Waals surface area contributed by atoms with Crippen molar-refractivity contribution < 1.29 is 80.8 Å². The summed E-state index contributed by atoms with van der Waals surface area (Å²) in [6.45, 7) is -0.720. The predicted molar refractivity (Wildman–Crippen MR) is 110 cm³/mol. The summed E-state index contributed by atoms with van der Waals surface area (Å²) in [6.07, 6.45) is 0. The summed E-state index contributed by atoms with van der Waals surface area (Å²) >= 11 is 6.25. The topological polar surface area (TPSA) is 223 Å². The van der Waals surface area contributed by atoms with Gasteiger partial charge in [0.25, 0.3) is 11.8 Å². The second kappa shape index (κ2) is 13.1. The van der Waals surface area contributed by atoms with Crippen molar-refractivity contribution in [3.05, 3.63) is 11.1 Å².